The number of amides is 2. The number of benzene rings is 2. The Morgan fingerprint density at radius 3 is 2.38 bits per heavy atom. The van der Waals surface area contributed by atoms with Crippen LogP contribution in [0.15, 0.2) is 51.4 Å². The van der Waals surface area contributed by atoms with Crippen molar-refractivity contribution in [2.24, 2.45) is 0 Å². The third-order valence-corrected chi connectivity index (χ3v) is 4.25. The van der Waals surface area contributed by atoms with Gasteiger partial charge in [0.15, 0.2) is 6.61 Å². The van der Waals surface area contributed by atoms with Crippen LogP contribution in [0.2, 0.25) is 0 Å². The van der Waals surface area contributed by atoms with Crippen molar-refractivity contribution in [2.75, 3.05) is 19.0 Å². The topological polar surface area (TPSA) is 67.4 Å². The van der Waals surface area contributed by atoms with Gasteiger partial charge in [0.25, 0.3) is 5.91 Å². The molecule has 0 bridgehead atoms. The van der Waals surface area contributed by atoms with Gasteiger partial charge in [0.2, 0.25) is 5.91 Å². The normalized spacial score (nSPS) is 10.1. The highest BCUT2D eigenvalue weighted by molar-refractivity contribution is 9.11. The lowest BCUT2D eigenvalue weighted by Gasteiger charge is -2.09. The van der Waals surface area contributed by atoms with Crippen molar-refractivity contribution in [3.05, 3.63) is 57.0 Å². The van der Waals surface area contributed by atoms with E-state index in [2.05, 4.69) is 42.5 Å². The maximum atomic E-state index is 11.9. The van der Waals surface area contributed by atoms with Crippen LogP contribution < -0.4 is 15.4 Å². The molecule has 0 spiro atoms. The van der Waals surface area contributed by atoms with Crippen LogP contribution >= 0.6 is 31.9 Å². The summed E-state index contributed by atoms with van der Waals surface area (Å²) in [6.45, 7) is -0.0970. The summed E-state index contributed by atoms with van der Waals surface area (Å²) >= 11 is 6.73. The number of hydrogen-bond donors (Lipinski definition) is 2. The highest BCUT2D eigenvalue weighted by Crippen LogP contribution is 2.28. The highest BCUT2D eigenvalue weighted by atomic mass is 79.9. The number of halogens is 2. The number of hydrogen-bond acceptors (Lipinski definition) is 3. The summed E-state index contributed by atoms with van der Waals surface area (Å²) in [6, 6.07) is 12.6. The van der Waals surface area contributed by atoms with E-state index in [1.165, 1.54) is 0 Å². The Morgan fingerprint density at radius 1 is 1.04 bits per heavy atom. The van der Waals surface area contributed by atoms with Crippen LogP contribution in [0, 0.1) is 0 Å². The van der Waals surface area contributed by atoms with E-state index in [1.54, 1.807) is 37.4 Å². The molecule has 0 heterocycles. The first kappa shape index (κ1) is 18.5. The Balaban J connectivity index is 1.86. The predicted octanol–water partition coefficient (Wildman–Crippen LogP) is 3.52. The van der Waals surface area contributed by atoms with Crippen LogP contribution in [0.4, 0.5) is 5.69 Å². The van der Waals surface area contributed by atoms with Gasteiger partial charge in [0.1, 0.15) is 5.75 Å². The molecule has 0 atom stereocenters. The third-order valence-electron chi connectivity index (χ3n) is 3.13. The van der Waals surface area contributed by atoms with Gasteiger partial charge in [-0.25, -0.2) is 0 Å². The molecular formula is C17H16Br2N2O3. The Hall–Kier alpha value is -1.86. The van der Waals surface area contributed by atoms with Gasteiger partial charge < -0.3 is 15.4 Å². The van der Waals surface area contributed by atoms with Crippen LogP contribution in [0.1, 0.15) is 5.56 Å². The lowest BCUT2D eigenvalue weighted by Crippen LogP contribution is -2.21. The van der Waals surface area contributed by atoms with E-state index in [4.69, 9.17) is 4.74 Å². The predicted molar refractivity (Wildman–Crippen MR) is 100 cm³/mol. The van der Waals surface area contributed by atoms with Crippen LogP contribution in [0.3, 0.4) is 0 Å². The first-order chi connectivity index (χ1) is 11.5. The smallest absolute Gasteiger partial charge is 0.262 e. The fourth-order valence-electron chi connectivity index (χ4n) is 1.91. The van der Waals surface area contributed by atoms with Crippen molar-refractivity contribution in [1.29, 1.82) is 0 Å². The summed E-state index contributed by atoms with van der Waals surface area (Å²) in [6.07, 6.45) is 0.311. The number of anilines is 1. The molecule has 0 aliphatic carbocycles. The number of nitrogens with one attached hydrogen (secondary N) is 2. The zero-order valence-electron chi connectivity index (χ0n) is 12.9. The monoisotopic (exact) mass is 454 g/mol. The number of carbonyl (C=O) groups excluding carboxylic acids is 2. The molecule has 126 valence electrons. The Bertz CT molecular complexity index is 733. The molecule has 0 aliphatic heterocycles. The lowest BCUT2D eigenvalue weighted by atomic mass is 10.1. The fourth-order valence-corrected chi connectivity index (χ4v) is 3.07. The van der Waals surface area contributed by atoms with Crippen molar-refractivity contribution in [1.82, 2.24) is 5.32 Å². The molecule has 0 saturated carbocycles. The molecule has 0 saturated heterocycles. The van der Waals surface area contributed by atoms with E-state index in [-0.39, 0.29) is 18.4 Å². The molecule has 2 aromatic rings. The Kier molecular flexibility index (Phi) is 6.81. The summed E-state index contributed by atoms with van der Waals surface area (Å²) in [5.41, 5.74) is 1.53. The number of rotatable bonds is 6. The molecule has 2 aromatic carbocycles. The van der Waals surface area contributed by atoms with E-state index in [9.17, 15) is 9.59 Å². The van der Waals surface area contributed by atoms with Gasteiger partial charge in [-0.05, 0) is 51.8 Å². The minimum Gasteiger partial charge on any atom is -0.483 e. The minimum atomic E-state index is -0.260. The van der Waals surface area contributed by atoms with E-state index in [0.717, 1.165) is 14.5 Å². The average molecular weight is 456 g/mol. The first-order valence-corrected chi connectivity index (χ1v) is 8.74. The van der Waals surface area contributed by atoms with Gasteiger partial charge in [-0.15, -0.1) is 0 Å². The highest BCUT2D eigenvalue weighted by Gasteiger charge is 2.07. The van der Waals surface area contributed by atoms with Crippen LogP contribution in [0.5, 0.6) is 5.75 Å². The molecule has 24 heavy (non-hydrogen) atoms. The maximum Gasteiger partial charge on any atom is 0.262 e. The molecule has 0 aromatic heterocycles. The van der Waals surface area contributed by atoms with Crippen LogP contribution in [0.25, 0.3) is 0 Å². The van der Waals surface area contributed by atoms with Gasteiger partial charge in [-0.2, -0.15) is 0 Å². The molecule has 0 unspecified atom stereocenters. The van der Waals surface area contributed by atoms with Gasteiger partial charge in [0.05, 0.1) is 10.9 Å². The summed E-state index contributed by atoms with van der Waals surface area (Å²) in [5, 5.41) is 5.32. The zero-order valence-corrected chi connectivity index (χ0v) is 16.1. The molecule has 2 N–H and O–H groups in total. The Labute approximate surface area is 157 Å². The second kappa shape index (κ2) is 8.84. The minimum absolute atomic E-state index is 0.0553. The average Bonchev–Trinajstić information content (AvgIpc) is 2.55. The third kappa shape index (κ3) is 5.65. The second-order valence-corrected chi connectivity index (χ2v) is 6.73. The van der Waals surface area contributed by atoms with Crippen molar-refractivity contribution in [3.8, 4) is 5.75 Å². The SMILES string of the molecule is CNC(=O)Cc1ccc(NC(=O)COc2ccc(Br)cc2Br)cc1. The van der Waals surface area contributed by atoms with Gasteiger partial charge in [-0.3, -0.25) is 9.59 Å². The molecular weight excluding hydrogens is 440 g/mol. The molecule has 0 aliphatic rings. The molecule has 0 radical (unpaired) electrons. The number of ether oxygens (including phenoxy) is 1. The quantitative estimate of drug-likeness (QED) is 0.700. The summed E-state index contributed by atoms with van der Waals surface area (Å²) in [5.74, 6) is 0.276. The molecule has 5 nitrogen and oxygen atoms in total. The van der Waals surface area contributed by atoms with E-state index < -0.39 is 0 Å². The summed E-state index contributed by atoms with van der Waals surface area (Å²) in [4.78, 5) is 23.3. The number of carbonyl (C=O) groups is 2. The van der Waals surface area contributed by atoms with E-state index >= 15 is 0 Å². The molecule has 2 amide bonds. The molecule has 2 rings (SSSR count). The Morgan fingerprint density at radius 2 is 1.75 bits per heavy atom. The van der Waals surface area contributed by atoms with Crippen molar-refractivity contribution in [2.45, 2.75) is 6.42 Å². The van der Waals surface area contributed by atoms with Crippen molar-refractivity contribution in [3.63, 3.8) is 0 Å². The van der Waals surface area contributed by atoms with E-state index in [1.807, 2.05) is 12.1 Å². The standard InChI is InChI=1S/C17H16Br2N2O3/c1-20-16(22)8-11-2-5-13(6-3-11)21-17(23)10-24-15-7-4-12(18)9-14(15)19/h2-7,9H,8,10H2,1H3,(H,20,22)(H,21,23). The summed E-state index contributed by atoms with van der Waals surface area (Å²) < 4.78 is 7.17. The van der Waals surface area contributed by atoms with Gasteiger partial charge >= 0.3 is 0 Å². The number of likely N-dealkylation sites (N-methyl/N-ethyl adjacent to an activating group) is 1. The van der Waals surface area contributed by atoms with Crippen LogP contribution in [-0.4, -0.2) is 25.5 Å². The summed E-state index contributed by atoms with van der Waals surface area (Å²) in [7, 11) is 1.60. The largest absolute Gasteiger partial charge is 0.483 e. The maximum absolute atomic E-state index is 11.9. The molecule has 7 heteroatoms. The van der Waals surface area contributed by atoms with Gasteiger partial charge in [-0.1, -0.05) is 28.1 Å². The van der Waals surface area contributed by atoms with Crippen molar-refractivity contribution >= 4 is 49.4 Å². The molecule has 0 fully saturated rings. The van der Waals surface area contributed by atoms with Crippen molar-refractivity contribution < 1.29 is 14.3 Å². The van der Waals surface area contributed by atoms with E-state index in [0.29, 0.717) is 17.9 Å². The zero-order chi connectivity index (χ0) is 17.5. The second-order valence-electron chi connectivity index (χ2n) is 4.96. The van der Waals surface area contributed by atoms with Crippen LogP contribution in [-0.2, 0) is 16.0 Å². The fraction of sp³-hybridized carbons (Fsp3) is 0.176. The van der Waals surface area contributed by atoms with Gasteiger partial charge in [0, 0.05) is 17.2 Å². The lowest BCUT2D eigenvalue weighted by molar-refractivity contribution is -0.120. The first-order valence-electron chi connectivity index (χ1n) is 7.15.